The SMILES string of the molecule is CC.CC(C)/C(N)=C(/C=N\N)C(C)C. The predicted octanol–water partition coefficient (Wildman–Crippen LogP) is 2.48. The van der Waals surface area contributed by atoms with E-state index < -0.39 is 0 Å². The molecule has 0 aliphatic heterocycles. The highest BCUT2D eigenvalue weighted by Crippen LogP contribution is 2.15. The molecule has 0 aliphatic rings. The zero-order chi connectivity index (χ0) is 11.7. The Morgan fingerprint density at radius 3 is 1.71 bits per heavy atom. The van der Waals surface area contributed by atoms with Crippen LogP contribution in [0.1, 0.15) is 41.5 Å². The van der Waals surface area contributed by atoms with E-state index in [0.717, 1.165) is 11.3 Å². The Morgan fingerprint density at radius 2 is 1.50 bits per heavy atom. The molecule has 0 fully saturated rings. The summed E-state index contributed by atoms with van der Waals surface area (Å²) in [6.45, 7) is 12.3. The Hall–Kier alpha value is -0.990. The summed E-state index contributed by atoms with van der Waals surface area (Å²) in [5.74, 6) is 5.81. The molecule has 0 aliphatic carbocycles. The van der Waals surface area contributed by atoms with Gasteiger partial charge in [-0.05, 0) is 17.4 Å². The third-order valence-corrected chi connectivity index (χ3v) is 1.79. The van der Waals surface area contributed by atoms with Gasteiger partial charge in [-0.3, -0.25) is 0 Å². The summed E-state index contributed by atoms with van der Waals surface area (Å²) < 4.78 is 0. The van der Waals surface area contributed by atoms with Crippen LogP contribution in [0, 0.1) is 11.8 Å². The molecular weight excluding hydrogens is 174 g/mol. The topological polar surface area (TPSA) is 64.4 Å². The molecule has 0 heterocycles. The van der Waals surface area contributed by atoms with Crippen molar-refractivity contribution in [2.75, 3.05) is 0 Å². The molecule has 0 rings (SSSR count). The second-order valence-electron chi connectivity index (χ2n) is 3.50. The lowest BCUT2D eigenvalue weighted by molar-refractivity contribution is 0.706. The largest absolute Gasteiger partial charge is 0.402 e. The third kappa shape index (κ3) is 5.62. The second kappa shape index (κ2) is 8.60. The van der Waals surface area contributed by atoms with E-state index in [2.05, 4.69) is 32.8 Å². The predicted molar refractivity (Wildman–Crippen MR) is 64.9 cm³/mol. The van der Waals surface area contributed by atoms with Gasteiger partial charge in [0.2, 0.25) is 0 Å². The van der Waals surface area contributed by atoms with Crippen molar-refractivity contribution >= 4 is 6.21 Å². The Balaban J connectivity index is 0. The fraction of sp³-hybridized carbons (Fsp3) is 0.727. The highest BCUT2D eigenvalue weighted by molar-refractivity contribution is 5.79. The van der Waals surface area contributed by atoms with E-state index in [1.807, 2.05) is 13.8 Å². The van der Waals surface area contributed by atoms with E-state index in [-0.39, 0.29) is 0 Å². The first-order chi connectivity index (χ1) is 6.50. The van der Waals surface area contributed by atoms with Crippen LogP contribution >= 0.6 is 0 Å². The lowest BCUT2D eigenvalue weighted by Crippen LogP contribution is -2.13. The van der Waals surface area contributed by atoms with E-state index in [9.17, 15) is 0 Å². The maximum atomic E-state index is 5.88. The molecule has 3 heteroatoms. The quantitative estimate of drug-likeness (QED) is 0.416. The fourth-order valence-electron chi connectivity index (χ4n) is 0.971. The normalized spacial score (nSPS) is 12.9. The van der Waals surface area contributed by atoms with E-state index in [0.29, 0.717) is 11.8 Å². The lowest BCUT2D eigenvalue weighted by Gasteiger charge is -2.13. The van der Waals surface area contributed by atoms with Gasteiger partial charge in [0.1, 0.15) is 0 Å². The van der Waals surface area contributed by atoms with Gasteiger partial charge in [0.15, 0.2) is 0 Å². The van der Waals surface area contributed by atoms with Crippen molar-refractivity contribution in [3.8, 4) is 0 Å². The standard InChI is InChI=1S/C9H19N3.C2H6/c1-6(2)8(5-12-11)9(10)7(3)4;1-2/h5-7H,10-11H2,1-4H3;1-2H3/b9-8+,12-5-;. The van der Waals surface area contributed by atoms with E-state index in [1.165, 1.54) is 0 Å². The van der Waals surface area contributed by atoms with Crippen molar-refractivity contribution in [1.82, 2.24) is 0 Å². The van der Waals surface area contributed by atoms with Crippen molar-refractivity contribution in [3.05, 3.63) is 11.3 Å². The summed E-state index contributed by atoms with van der Waals surface area (Å²) in [6.07, 6.45) is 1.64. The molecule has 0 amide bonds. The molecule has 84 valence electrons. The van der Waals surface area contributed by atoms with Gasteiger partial charge in [-0.1, -0.05) is 41.5 Å². The van der Waals surface area contributed by atoms with Gasteiger partial charge in [0.05, 0.1) is 6.21 Å². The van der Waals surface area contributed by atoms with Gasteiger partial charge < -0.3 is 11.6 Å². The molecule has 0 bridgehead atoms. The maximum Gasteiger partial charge on any atom is 0.0517 e. The van der Waals surface area contributed by atoms with Crippen LogP contribution in [-0.4, -0.2) is 6.21 Å². The summed E-state index contributed by atoms with van der Waals surface area (Å²) >= 11 is 0. The first kappa shape index (κ1) is 15.5. The van der Waals surface area contributed by atoms with Crippen LogP contribution in [-0.2, 0) is 0 Å². The molecule has 0 saturated carbocycles. The first-order valence-corrected chi connectivity index (χ1v) is 5.23. The Kier molecular flexibility index (Phi) is 9.51. The van der Waals surface area contributed by atoms with Crippen LogP contribution in [0.2, 0.25) is 0 Å². The van der Waals surface area contributed by atoms with Crippen molar-refractivity contribution in [3.63, 3.8) is 0 Å². The molecule has 0 saturated heterocycles. The van der Waals surface area contributed by atoms with Crippen LogP contribution in [0.4, 0.5) is 0 Å². The first-order valence-electron chi connectivity index (χ1n) is 5.23. The number of hydrazone groups is 1. The van der Waals surface area contributed by atoms with Gasteiger partial charge >= 0.3 is 0 Å². The summed E-state index contributed by atoms with van der Waals surface area (Å²) in [5, 5.41) is 3.50. The lowest BCUT2D eigenvalue weighted by atomic mass is 9.97. The third-order valence-electron chi connectivity index (χ3n) is 1.79. The minimum absolute atomic E-state index is 0.348. The number of hydrogen-bond acceptors (Lipinski definition) is 3. The van der Waals surface area contributed by atoms with Gasteiger partial charge in [-0.2, -0.15) is 5.10 Å². The highest BCUT2D eigenvalue weighted by Gasteiger charge is 2.08. The average Bonchev–Trinajstić information content (AvgIpc) is 2.15. The summed E-state index contributed by atoms with van der Waals surface area (Å²) in [5.41, 5.74) is 7.79. The minimum Gasteiger partial charge on any atom is -0.402 e. The molecule has 0 radical (unpaired) electrons. The van der Waals surface area contributed by atoms with E-state index >= 15 is 0 Å². The molecule has 0 aromatic heterocycles. The molecule has 4 N–H and O–H groups in total. The van der Waals surface area contributed by atoms with Crippen LogP contribution in [0.25, 0.3) is 0 Å². The highest BCUT2D eigenvalue weighted by atomic mass is 15.1. The summed E-state index contributed by atoms with van der Waals surface area (Å²) in [7, 11) is 0. The minimum atomic E-state index is 0.348. The summed E-state index contributed by atoms with van der Waals surface area (Å²) in [6, 6.07) is 0. The van der Waals surface area contributed by atoms with Gasteiger partial charge in [0, 0.05) is 5.70 Å². The van der Waals surface area contributed by atoms with Crippen LogP contribution in [0.15, 0.2) is 16.4 Å². The van der Waals surface area contributed by atoms with Crippen LogP contribution in [0.3, 0.4) is 0 Å². The Morgan fingerprint density at radius 1 is 1.07 bits per heavy atom. The molecular formula is C11H25N3. The van der Waals surface area contributed by atoms with Crippen molar-refractivity contribution in [2.24, 2.45) is 28.5 Å². The van der Waals surface area contributed by atoms with E-state index in [1.54, 1.807) is 6.21 Å². The molecule has 14 heavy (non-hydrogen) atoms. The smallest absolute Gasteiger partial charge is 0.0517 e. The van der Waals surface area contributed by atoms with Gasteiger partial charge in [-0.15, -0.1) is 0 Å². The van der Waals surface area contributed by atoms with Gasteiger partial charge in [0.25, 0.3) is 0 Å². The number of hydrogen-bond donors (Lipinski definition) is 2. The average molecular weight is 199 g/mol. The van der Waals surface area contributed by atoms with E-state index in [4.69, 9.17) is 11.6 Å². The van der Waals surface area contributed by atoms with Crippen LogP contribution in [0.5, 0.6) is 0 Å². The zero-order valence-corrected chi connectivity index (χ0v) is 10.3. The number of rotatable bonds is 3. The second-order valence-corrected chi connectivity index (χ2v) is 3.50. The zero-order valence-electron chi connectivity index (χ0n) is 10.3. The monoisotopic (exact) mass is 199 g/mol. The molecule has 0 spiro atoms. The number of nitrogens with zero attached hydrogens (tertiary/aromatic N) is 1. The Bertz CT molecular complexity index is 191. The molecule has 0 aromatic rings. The molecule has 0 unspecified atom stereocenters. The van der Waals surface area contributed by atoms with Crippen LogP contribution < -0.4 is 11.6 Å². The molecule has 3 nitrogen and oxygen atoms in total. The van der Waals surface area contributed by atoms with Crippen molar-refractivity contribution < 1.29 is 0 Å². The maximum absolute atomic E-state index is 5.88. The molecule has 0 atom stereocenters. The number of nitrogens with two attached hydrogens (primary N) is 2. The van der Waals surface area contributed by atoms with Crippen molar-refractivity contribution in [2.45, 2.75) is 41.5 Å². The number of allylic oxidation sites excluding steroid dienone is 2. The summed E-state index contributed by atoms with van der Waals surface area (Å²) in [4.78, 5) is 0. The fourth-order valence-corrected chi connectivity index (χ4v) is 0.971. The van der Waals surface area contributed by atoms with Crippen molar-refractivity contribution in [1.29, 1.82) is 0 Å². The molecule has 0 aromatic carbocycles. The van der Waals surface area contributed by atoms with Gasteiger partial charge in [-0.25, -0.2) is 0 Å². The Labute approximate surface area is 88.3 Å².